The van der Waals surface area contributed by atoms with Crippen LogP contribution in [0.2, 0.25) is 0 Å². The summed E-state index contributed by atoms with van der Waals surface area (Å²) in [6, 6.07) is 4.27. The molecule has 1 aliphatic heterocycles. The van der Waals surface area contributed by atoms with E-state index in [0.29, 0.717) is 18.1 Å². The van der Waals surface area contributed by atoms with E-state index in [1.165, 1.54) is 32.2 Å². The van der Waals surface area contributed by atoms with Gasteiger partial charge in [0.1, 0.15) is 5.54 Å². The lowest BCUT2D eigenvalue weighted by molar-refractivity contribution is 0.104. The molecule has 3 unspecified atom stereocenters. The Balaban J connectivity index is 2.00. The molecule has 0 amide bonds. The Bertz CT molecular complexity index is 320. The van der Waals surface area contributed by atoms with Crippen molar-refractivity contribution >= 4 is 0 Å². The van der Waals surface area contributed by atoms with E-state index in [1.54, 1.807) is 0 Å². The van der Waals surface area contributed by atoms with Crippen LogP contribution in [0.1, 0.15) is 59.3 Å². The van der Waals surface area contributed by atoms with Crippen LogP contribution in [0.25, 0.3) is 0 Å². The molecule has 1 N–H and O–H groups in total. The highest BCUT2D eigenvalue weighted by Crippen LogP contribution is 2.35. The normalized spacial score (nSPS) is 37.9. The number of hydrogen-bond donors (Lipinski definition) is 1. The van der Waals surface area contributed by atoms with Crippen LogP contribution in [0.3, 0.4) is 0 Å². The van der Waals surface area contributed by atoms with E-state index in [4.69, 9.17) is 0 Å². The van der Waals surface area contributed by atoms with Gasteiger partial charge in [0.2, 0.25) is 0 Å². The number of nitrogens with one attached hydrogen (secondary N) is 1. The van der Waals surface area contributed by atoms with Crippen molar-refractivity contribution in [3.8, 4) is 6.07 Å². The highest BCUT2D eigenvalue weighted by molar-refractivity contribution is 5.14. The van der Waals surface area contributed by atoms with Gasteiger partial charge in [0.15, 0.2) is 0 Å². The van der Waals surface area contributed by atoms with Crippen LogP contribution in [-0.4, -0.2) is 35.1 Å². The quantitative estimate of drug-likeness (QED) is 0.836. The molecule has 0 aromatic carbocycles. The molecule has 1 saturated heterocycles. The van der Waals surface area contributed by atoms with Crippen LogP contribution in [-0.2, 0) is 0 Å². The van der Waals surface area contributed by atoms with Crippen LogP contribution < -0.4 is 5.32 Å². The van der Waals surface area contributed by atoms with E-state index in [2.05, 4.69) is 37.1 Å². The van der Waals surface area contributed by atoms with Gasteiger partial charge in [-0.1, -0.05) is 6.42 Å². The average Bonchev–Trinajstić information content (AvgIpc) is 2.73. The predicted octanol–water partition coefficient (Wildman–Crippen LogP) is 2.67. The molecule has 0 aromatic rings. The highest BCUT2D eigenvalue weighted by atomic mass is 15.2. The maximum Gasteiger partial charge on any atom is 0.108 e. The molecule has 0 radical (unpaired) electrons. The number of hydrogen-bond acceptors (Lipinski definition) is 3. The van der Waals surface area contributed by atoms with E-state index < -0.39 is 0 Å². The number of nitriles is 1. The zero-order valence-corrected chi connectivity index (χ0v) is 12.1. The van der Waals surface area contributed by atoms with Gasteiger partial charge in [-0.15, -0.1) is 0 Å². The Morgan fingerprint density at radius 1 is 1.33 bits per heavy atom. The smallest absolute Gasteiger partial charge is 0.108 e. The van der Waals surface area contributed by atoms with E-state index in [9.17, 15) is 5.26 Å². The summed E-state index contributed by atoms with van der Waals surface area (Å²) in [5.74, 6) is 0. The minimum absolute atomic E-state index is 0.268. The van der Waals surface area contributed by atoms with Gasteiger partial charge < -0.3 is 0 Å². The Morgan fingerprint density at radius 3 is 2.72 bits per heavy atom. The van der Waals surface area contributed by atoms with Gasteiger partial charge in [-0.2, -0.15) is 5.26 Å². The summed E-state index contributed by atoms with van der Waals surface area (Å²) in [4.78, 5) is 2.66. The van der Waals surface area contributed by atoms with Crippen molar-refractivity contribution in [3.05, 3.63) is 0 Å². The third-order valence-corrected chi connectivity index (χ3v) is 4.59. The third-order valence-electron chi connectivity index (χ3n) is 4.59. The average molecular weight is 249 g/mol. The van der Waals surface area contributed by atoms with Gasteiger partial charge in [-0.25, -0.2) is 0 Å². The fourth-order valence-electron chi connectivity index (χ4n) is 3.78. The number of nitrogens with zero attached hydrogens (tertiary/aromatic N) is 2. The molecular formula is C15H27N3. The largest absolute Gasteiger partial charge is 0.298 e. The van der Waals surface area contributed by atoms with Crippen LogP contribution in [0.15, 0.2) is 0 Å². The standard InChI is InChI=1S/C15H27N3/c1-12(2)17-15(11-16)8-7-14(10-15)18-9-5-4-6-13(18)3/h12-14,17H,4-10H2,1-3H3. The summed E-state index contributed by atoms with van der Waals surface area (Å²) in [6.45, 7) is 7.85. The molecule has 0 aromatic heterocycles. The summed E-state index contributed by atoms with van der Waals surface area (Å²) >= 11 is 0. The number of rotatable bonds is 3. The first-order valence-corrected chi connectivity index (χ1v) is 7.51. The number of likely N-dealkylation sites (tertiary alicyclic amines) is 1. The third kappa shape index (κ3) is 2.87. The number of piperidine rings is 1. The Morgan fingerprint density at radius 2 is 2.11 bits per heavy atom. The molecule has 2 aliphatic rings. The topological polar surface area (TPSA) is 39.1 Å². The Labute approximate surface area is 112 Å². The molecule has 3 nitrogen and oxygen atoms in total. The van der Waals surface area contributed by atoms with Crippen LogP contribution >= 0.6 is 0 Å². The van der Waals surface area contributed by atoms with Crippen LogP contribution in [0.5, 0.6) is 0 Å². The minimum atomic E-state index is -0.268. The summed E-state index contributed by atoms with van der Waals surface area (Å²) in [5, 5.41) is 13.0. The molecule has 0 bridgehead atoms. The summed E-state index contributed by atoms with van der Waals surface area (Å²) in [5.41, 5.74) is -0.268. The molecule has 3 heteroatoms. The lowest BCUT2D eigenvalue weighted by Gasteiger charge is -2.38. The minimum Gasteiger partial charge on any atom is -0.298 e. The second-order valence-electron chi connectivity index (χ2n) is 6.47. The summed E-state index contributed by atoms with van der Waals surface area (Å²) in [7, 11) is 0. The second kappa shape index (κ2) is 5.59. The molecule has 18 heavy (non-hydrogen) atoms. The first-order valence-electron chi connectivity index (χ1n) is 7.51. The second-order valence-corrected chi connectivity index (χ2v) is 6.47. The lowest BCUT2D eigenvalue weighted by Crippen LogP contribution is -2.49. The van der Waals surface area contributed by atoms with Crippen molar-refractivity contribution in [3.63, 3.8) is 0 Å². The van der Waals surface area contributed by atoms with Gasteiger partial charge in [0, 0.05) is 18.1 Å². The zero-order chi connectivity index (χ0) is 13.2. The summed E-state index contributed by atoms with van der Waals surface area (Å²) < 4.78 is 0. The van der Waals surface area contributed by atoms with Crippen LogP contribution in [0.4, 0.5) is 0 Å². The van der Waals surface area contributed by atoms with E-state index in [-0.39, 0.29) is 5.54 Å². The molecule has 2 fully saturated rings. The van der Waals surface area contributed by atoms with Gasteiger partial charge >= 0.3 is 0 Å². The molecule has 102 valence electrons. The van der Waals surface area contributed by atoms with Crippen molar-refractivity contribution in [2.75, 3.05) is 6.54 Å². The first-order chi connectivity index (χ1) is 8.56. The zero-order valence-electron chi connectivity index (χ0n) is 12.1. The monoisotopic (exact) mass is 249 g/mol. The van der Waals surface area contributed by atoms with Gasteiger partial charge in [0.05, 0.1) is 6.07 Å². The van der Waals surface area contributed by atoms with Gasteiger partial charge in [-0.3, -0.25) is 10.2 Å². The Kier molecular flexibility index (Phi) is 4.29. The van der Waals surface area contributed by atoms with E-state index in [0.717, 1.165) is 12.8 Å². The molecule has 2 rings (SSSR count). The maximum absolute atomic E-state index is 9.52. The predicted molar refractivity (Wildman–Crippen MR) is 74.3 cm³/mol. The van der Waals surface area contributed by atoms with Gasteiger partial charge in [0.25, 0.3) is 0 Å². The van der Waals surface area contributed by atoms with Crippen molar-refractivity contribution in [1.82, 2.24) is 10.2 Å². The molecule has 1 aliphatic carbocycles. The lowest BCUT2D eigenvalue weighted by atomic mass is 9.96. The SMILES string of the molecule is CC(C)NC1(C#N)CCC(N2CCCCC2C)C1. The molecular weight excluding hydrogens is 222 g/mol. The summed E-state index contributed by atoms with van der Waals surface area (Å²) in [6.07, 6.45) is 7.23. The molecule has 1 heterocycles. The van der Waals surface area contributed by atoms with Gasteiger partial charge in [-0.05, 0) is 59.4 Å². The fraction of sp³-hybridized carbons (Fsp3) is 0.933. The first kappa shape index (κ1) is 13.8. The Hall–Kier alpha value is -0.590. The fourth-order valence-corrected chi connectivity index (χ4v) is 3.78. The van der Waals surface area contributed by atoms with Crippen molar-refractivity contribution in [1.29, 1.82) is 5.26 Å². The molecule has 0 spiro atoms. The van der Waals surface area contributed by atoms with Crippen molar-refractivity contribution in [2.45, 2.75) is 83.0 Å². The van der Waals surface area contributed by atoms with Crippen LogP contribution in [0, 0.1) is 11.3 Å². The molecule has 1 saturated carbocycles. The van der Waals surface area contributed by atoms with Crippen molar-refractivity contribution in [2.24, 2.45) is 0 Å². The van der Waals surface area contributed by atoms with E-state index in [1.807, 2.05) is 0 Å². The maximum atomic E-state index is 9.52. The van der Waals surface area contributed by atoms with E-state index >= 15 is 0 Å². The van der Waals surface area contributed by atoms with Crippen molar-refractivity contribution < 1.29 is 0 Å². The highest BCUT2D eigenvalue weighted by Gasteiger charge is 2.42. The molecule has 3 atom stereocenters.